The Labute approximate surface area is 84.5 Å². The summed E-state index contributed by atoms with van der Waals surface area (Å²) >= 11 is 0. The molecule has 14 heavy (non-hydrogen) atoms. The lowest BCUT2D eigenvalue weighted by Crippen LogP contribution is -2.02. The fraction of sp³-hybridized carbons (Fsp3) is 0.455. The van der Waals surface area contributed by atoms with E-state index in [2.05, 4.69) is 0 Å². The van der Waals surface area contributed by atoms with Crippen LogP contribution in [0.2, 0.25) is 0 Å². The molecule has 0 unspecified atom stereocenters. The largest absolute Gasteiger partial charge is 0.383 e. The van der Waals surface area contributed by atoms with Gasteiger partial charge < -0.3 is 4.90 Å². The van der Waals surface area contributed by atoms with Crippen molar-refractivity contribution in [2.24, 2.45) is 0 Å². The van der Waals surface area contributed by atoms with Crippen LogP contribution in [0.15, 0.2) is 22.9 Å². The van der Waals surface area contributed by atoms with Gasteiger partial charge in [-0.2, -0.15) is 10.5 Å². The van der Waals surface area contributed by atoms with Crippen LogP contribution in [0.4, 0.5) is 0 Å². The first-order valence-corrected chi connectivity index (χ1v) is 4.60. The van der Waals surface area contributed by atoms with Gasteiger partial charge in [-0.3, -0.25) is 0 Å². The molecule has 1 aliphatic carbocycles. The van der Waals surface area contributed by atoms with E-state index in [4.69, 9.17) is 10.5 Å². The van der Waals surface area contributed by atoms with E-state index in [1.807, 2.05) is 37.3 Å². The smallest absolute Gasteiger partial charge is 0.133 e. The molecule has 0 saturated heterocycles. The van der Waals surface area contributed by atoms with Crippen molar-refractivity contribution in [1.29, 1.82) is 10.5 Å². The van der Waals surface area contributed by atoms with Crippen molar-refractivity contribution in [3.63, 3.8) is 0 Å². The van der Waals surface area contributed by atoms with Crippen LogP contribution in [0.3, 0.4) is 0 Å². The zero-order chi connectivity index (χ0) is 10.6. The molecule has 0 N–H and O–H groups in total. The summed E-state index contributed by atoms with van der Waals surface area (Å²) in [5.41, 5.74) is 2.34. The minimum absolute atomic E-state index is 0.274. The Morgan fingerprint density at radius 1 is 1.29 bits per heavy atom. The van der Waals surface area contributed by atoms with Crippen LogP contribution in [-0.2, 0) is 0 Å². The summed E-state index contributed by atoms with van der Waals surface area (Å²) in [6.07, 6.45) is 4.87. The minimum atomic E-state index is 0.274. The monoisotopic (exact) mass is 187 g/mol. The number of hydrogen-bond donors (Lipinski definition) is 0. The van der Waals surface area contributed by atoms with Gasteiger partial charge in [-0.15, -0.1) is 0 Å². The summed E-state index contributed by atoms with van der Waals surface area (Å²) in [4.78, 5) is 1.95. The van der Waals surface area contributed by atoms with Crippen LogP contribution in [0, 0.1) is 22.7 Å². The number of hydrogen-bond acceptors (Lipinski definition) is 3. The molecule has 0 aromatic heterocycles. The maximum absolute atomic E-state index is 8.77. The molecule has 3 nitrogen and oxygen atoms in total. The zero-order valence-corrected chi connectivity index (χ0v) is 8.54. The highest BCUT2D eigenvalue weighted by molar-refractivity contribution is 5.50. The molecule has 72 valence electrons. The van der Waals surface area contributed by atoms with E-state index in [1.54, 1.807) is 0 Å². The van der Waals surface area contributed by atoms with Crippen molar-refractivity contribution in [2.75, 3.05) is 14.1 Å². The zero-order valence-electron chi connectivity index (χ0n) is 8.54. The van der Waals surface area contributed by atoms with Crippen molar-refractivity contribution >= 4 is 0 Å². The van der Waals surface area contributed by atoms with E-state index in [0.29, 0.717) is 0 Å². The molecule has 1 aliphatic rings. The molecular formula is C11H13N3. The Bertz CT molecular complexity index is 345. The molecule has 0 aromatic rings. The number of allylic oxidation sites excluding steroid dienone is 3. The summed E-state index contributed by atoms with van der Waals surface area (Å²) in [7, 11) is 3.89. The molecule has 1 rings (SSSR count). The fourth-order valence-electron chi connectivity index (χ4n) is 1.67. The first-order chi connectivity index (χ1) is 6.69. The summed E-state index contributed by atoms with van der Waals surface area (Å²) in [5.74, 6) is 0. The Hall–Kier alpha value is -1.74. The third-order valence-corrected chi connectivity index (χ3v) is 2.20. The van der Waals surface area contributed by atoms with Crippen LogP contribution in [0.25, 0.3) is 0 Å². The quantitative estimate of drug-likeness (QED) is 0.589. The van der Waals surface area contributed by atoms with E-state index in [9.17, 15) is 0 Å². The fourth-order valence-corrected chi connectivity index (χ4v) is 1.67. The van der Waals surface area contributed by atoms with Crippen molar-refractivity contribution < 1.29 is 0 Å². The van der Waals surface area contributed by atoms with Crippen molar-refractivity contribution in [1.82, 2.24) is 4.90 Å². The first-order valence-electron chi connectivity index (χ1n) is 4.60. The minimum Gasteiger partial charge on any atom is -0.383 e. The first kappa shape index (κ1) is 10.3. The molecule has 0 aromatic carbocycles. The van der Waals surface area contributed by atoms with Gasteiger partial charge in [-0.25, -0.2) is 0 Å². The summed E-state index contributed by atoms with van der Waals surface area (Å²) in [6.45, 7) is 0. The molecule has 0 aliphatic heterocycles. The SMILES string of the molecule is CN(C)/C=C1\CCCC1=C(C#N)C#N. The lowest BCUT2D eigenvalue weighted by molar-refractivity contribution is 0.558. The van der Waals surface area contributed by atoms with Crippen molar-refractivity contribution in [3.8, 4) is 12.1 Å². The van der Waals surface area contributed by atoms with Gasteiger partial charge in [0.05, 0.1) is 0 Å². The number of rotatable bonds is 1. The molecule has 0 heterocycles. The van der Waals surface area contributed by atoms with E-state index in [1.165, 1.54) is 0 Å². The van der Waals surface area contributed by atoms with Gasteiger partial charge in [0, 0.05) is 20.3 Å². The van der Waals surface area contributed by atoms with Crippen LogP contribution in [0.5, 0.6) is 0 Å². The molecule has 0 amide bonds. The van der Waals surface area contributed by atoms with Gasteiger partial charge in [0.15, 0.2) is 0 Å². The van der Waals surface area contributed by atoms with Gasteiger partial charge in [0.2, 0.25) is 0 Å². The maximum Gasteiger partial charge on any atom is 0.133 e. The summed E-state index contributed by atoms with van der Waals surface area (Å²) in [6, 6.07) is 3.91. The van der Waals surface area contributed by atoms with Gasteiger partial charge in [0.1, 0.15) is 17.7 Å². The Balaban J connectivity index is 3.08. The van der Waals surface area contributed by atoms with Gasteiger partial charge >= 0.3 is 0 Å². The average Bonchev–Trinajstić information content (AvgIpc) is 2.55. The highest BCUT2D eigenvalue weighted by Gasteiger charge is 2.18. The van der Waals surface area contributed by atoms with Gasteiger partial charge in [0.25, 0.3) is 0 Å². The number of nitrogens with zero attached hydrogens (tertiary/aromatic N) is 3. The Morgan fingerprint density at radius 3 is 2.43 bits per heavy atom. The second kappa shape index (κ2) is 4.48. The highest BCUT2D eigenvalue weighted by Crippen LogP contribution is 2.32. The highest BCUT2D eigenvalue weighted by atomic mass is 15.0. The Kier molecular flexibility index (Phi) is 3.31. The normalized spacial score (nSPS) is 17.7. The van der Waals surface area contributed by atoms with Crippen molar-refractivity contribution in [2.45, 2.75) is 19.3 Å². The summed E-state index contributed by atoms with van der Waals surface area (Å²) < 4.78 is 0. The number of nitriles is 2. The topological polar surface area (TPSA) is 50.8 Å². The van der Waals surface area contributed by atoms with E-state index < -0.39 is 0 Å². The summed E-state index contributed by atoms with van der Waals surface area (Å²) in [5, 5.41) is 17.5. The van der Waals surface area contributed by atoms with E-state index >= 15 is 0 Å². The average molecular weight is 187 g/mol. The molecule has 1 saturated carbocycles. The lowest BCUT2D eigenvalue weighted by Gasteiger charge is -2.08. The van der Waals surface area contributed by atoms with Crippen LogP contribution < -0.4 is 0 Å². The molecule has 0 atom stereocenters. The molecule has 0 radical (unpaired) electrons. The second-order valence-electron chi connectivity index (χ2n) is 3.55. The maximum atomic E-state index is 8.77. The van der Waals surface area contributed by atoms with Gasteiger partial charge in [-0.05, 0) is 30.4 Å². The van der Waals surface area contributed by atoms with Crippen LogP contribution in [0.1, 0.15) is 19.3 Å². The molecule has 0 bridgehead atoms. The molecular weight excluding hydrogens is 174 g/mol. The predicted octanol–water partition coefficient (Wildman–Crippen LogP) is 1.96. The van der Waals surface area contributed by atoms with E-state index in [-0.39, 0.29) is 5.57 Å². The molecule has 0 spiro atoms. The van der Waals surface area contributed by atoms with Gasteiger partial charge in [-0.1, -0.05) is 0 Å². The van der Waals surface area contributed by atoms with Crippen LogP contribution in [-0.4, -0.2) is 19.0 Å². The van der Waals surface area contributed by atoms with E-state index in [0.717, 1.165) is 30.4 Å². The standard InChI is InChI=1S/C11H13N3/c1-14(2)8-9-4-3-5-11(9)10(6-12)7-13/h8H,3-5H2,1-2H3/b9-8+. The Morgan fingerprint density at radius 2 is 1.93 bits per heavy atom. The van der Waals surface area contributed by atoms with Crippen LogP contribution >= 0.6 is 0 Å². The molecule has 3 heteroatoms. The molecule has 1 fully saturated rings. The van der Waals surface area contributed by atoms with Crippen molar-refractivity contribution in [3.05, 3.63) is 22.9 Å². The third-order valence-electron chi connectivity index (χ3n) is 2.20. The second-order valence-corrected chi connectivity index (χ2v) is 3.55. The predicted molar refractivity (Wildman–Crippen MR) is 53.9 cm³/mol. The lowest BCUT2D eigenvalue weighted by atomic mass is 10.1. The third kappa shape index (κ3) is 2.14.